The third-order valence-corrected chi connectivity index (χ3v) is 3.30. The normalized spacial score (nSPS) is 29.3. The molecule has 2 heterocycles. The van der Waals surface area contributed by atoms with Gasteiger partial charge in [-0.2, -0.15) is 5.10 Å². The topological polar surface area (TPSA) is 36.9 Å². The molecule has 0 radical (unpaired) electrons. The Morgan fingerprint density at radius 3 is 3.00 bits per heavy atom. The number of likely N-dealkylation sites (tertiary alicyclic amines) is 1. The maximum Gasteiger partial charge on any atom is 0.195 e. The Bertz CT molecular complexity index is 356. The van der Waals surface area contributed by atoms with Crippen molar-refractivity contribution in [2.24, 2.45) is 5.92 Å². The smallest absolute Gasteiger partial charge is 0.195 e. The van der Waals surface area contributed by atoms with Crippen LogP contribution in [-0.4, -0.2) is 39.8 Å². The molecule has 0 spiro atoms. The van der Waals surface area contributed by atoms with Gasteiger partial charge in [0.2, 0.25) is 0 Å². The first-order valence-electron chi connectivity index (χ1n) is 4.98. The van der Waals surface area contributed by atoms with Gasteiger partial charge in [0, 0.05) is 12.6 Å². The summed E-state index contributed by atoms with van der Waals surface area (Å²) in [5.74, 6) is 0.637. The van der Waals surface area contributed by atoms with Crippen LogP contribution < -0.4 is 0 Å². The SMILES string of the molecule is CC1CN(C)CCC1n1cn[nH]c1=S. The highest BCUT2D eigenvalue weighted by molar-refractivity contribution is 7.71. The van der Waals surface area contributed by atoms with E-state index in [9.17, 15) is 0 Å². The summed E-state index contributed by atoms with van der Waals surface area (Å²) in [5.41, 5.74) is 0. The molecule has 0 amide bonds. The maximum absolute atomic E-state index is 5.18. The molecular formula is C9H16N4S. The van der Waals surface area contributed by atoms with Crippen molar-refractivity contribution >= 4 is 12.2 Å². The highest BCUT2D eigenvalue weighted by Gasteiger charge is 2.25. The van der Waals surface area contributed by atoms with Gasteiger partial charge in [-0.05, 0) is 38.1 Å². The molecule has 2 rings (SSSR count). The van der Waals surface area contributed by atoms with E-state index in [1.54, 1.807) is 0 Å². The van der Waals surface area contributed by atoms with Crippen molar-refractivity contribution in [3.63, 3.8) is 0 Å². The highest BCUT2D eigenvalue weighted by Crippen LogP contribution is 2.26. The molecule has 1 N–H and O–H groups in total. The summed E-state index contributed by atoms with van der Waals surface area (Å²) in [4.78, 5) is 2.37. The zero-order valence-corrected chi connectivity index (χ0v) is 9.42. The number of piperidine rings is 1. The summed E-state index contributed by atoms with van der Waals surface area (Å²) in [5, 5.41) is 6.78. The summed E-state index contributed by atoms with van der Waals surface area (Å²) < 4.78 is 2.83. The van der Waals surface area contributed by atoms with Crippen LogP contribution in [0, 0.1) is 10.7 Å². The number of hydrogen-bond donors (Lipinski definition) is 1. The zero-order chi connectivity index (χ0) is 10.1. The molecule has 1 saturated heterocycles. The standard InChI is InChI=1S/C9H16N4S/c1-7-5-12(2)4-3-8(7)13-6-10-11-9(13)14/h6-8H,3-5H2,1-2H3,(H,11,14). The van der Waals surface area contributed by atoms with E-state index in [1.807, 2.05) is 6.33 Å². The number of nitrogens with one attached hydrogen (secondary N) is 1. The van der Waals surface area contributed by atoms with Gasteiger partial charge < -0.3 is 9.47 Å². The first-order valence-corrected chi connectivity index (χ1v) is 5.39. The fraction of sp³-hybridized carbons (Fsp3) is 0.778. The van der Waals surface area contributed by atoms with E-state index < -0.39 is 0 Å². The Hall–Kier alpha value is -0.680. The second kappa shape index (κ2) is 3.82. The van der Waals surface area contributed by atoms with Crippen LogP contribution in [0.3, 0.4) is 0 Å². The van der Waals surface area contributed by atoms with Crippen molar-refractivity contribution in [1.29, 1.82) is 0 Å². The number of aromatic nitrogens is 3. The van der Waals surface area contributed by atoms with Gasteiger partial charge in [0.15, 0.2) is 4.77 Å². The van der Waals surface area contributed by atoms with E-state index >= 15 is 0 Å². The third kappa shape index (κ3) is 1.74. The molecule has 14 heavy (non-hydrogen) atoms. The van der Waals surface area contributed by atoms with E-state index in [2.05, 4.69) is 33.6 Å². The van der Waals surface area contributed by atoms with E-state index in [0.717, 1.165) is 24.3 Å². The molecule has 1 fully saturated rings. The molecule has 1 aromatic heterocycles. The van der Waals surface area contributed by atoms with Crippen LogP contribution in [0.5, 0.6) is 0 Å². The molecule has 1 aliphatic heterocycles. The Morgan fingerprint density at radius 2 is 2.43 bits per heavy atom. The van der Waals surface area contributed by atoms with Gasteiger partial charge in [0.1, 0.15) is 6.33 Å². The van der Waals surface area contributed by atoms with Crippen molar-refractivity contribution in [2.75, 3.05) is 20.1 Å². The molecule has 2 atom stereocenters. The van der Waals surface area contributed by atoms with Crippen LogP contribution in [0.25, 0.3) is 0 Å². The molecule has 0 bridgehead atoms. The molecule has 2 unspecified atom stereocenters. The van der Waals surface area contributed by atoms with Crippen molar-refractivity contribution in [2.45, 2.75) is 19.4 Å². The number of aromatic amines is 1. The van der Waals surface area contributed by atoms with Crippen LogP contribution in [0.4, 0.5) is 0 Å². The quantitative estimate of drug-likeness (QED) is 0.716. The molecule has 0 saturated carbocycles. The number of H-pyrrole nitrogens is 1. The Kier molecular flexibility index (Phi) is 2.69. The van der Waals surface area contributed by atoms with Crippen molar-refractivity contribution in [3.05, 3.63) is 11.1 Å². The second-order valence-corrected chi connectivity index (χ2v) is 4.55. The number of hydrogen-bond acceptors (Lipinski definition) is 3. The first-order chi connectivity index (χ1) is 6.68. The first kappa shape index (κ1) is 9.86. The lowest BCUT2D eigenvalue weighted by Crippen LogP contribution is -2.37. The number of nitrogens with zero attached hydrogens (tertiary/aromatic N) is 3. The highest BCUT2D eigenvalue weighted by atomic mass is 32.1. The van der Waals surface area contributed by atoms with E-state index in [0.29, 0.717) is 12.0 Å². The van der Waals surface area contributed by atoms with Gasteiger partial charge >= 0.3 is 0 Å². The molecule has 78 valence electrons. The van der Waals surface area contributed by atoms with Crippen molar-refractivity contribution in [3.8, 4) is 0 Å². The molecule has 1 aliphatic rings. The summed E-state index contributed by atoms with van der Waals surface area (Å²) in [6, 6.07) is 0.512. The minimum atomic E-state index is 0.512. The molecule has 0 aromatic carbocycles. The Balaban J connectivity index is 2.20. The third-order valence-electron chi connectivity index (χ3n) is 3.00. The van der Waals surface area contributed by atoms with Gasteiger partial charge in [0.25, 0.3) is 0 Å². The molecule has 5 heteroatoms. The van der Waals surface area contributed by atoms with Crippen molar-refractivity contribution < 1.29 is 0 Å². The zero-order valence-electron chi connectivity index (χ0n) is 8.60. The molecular weight excluding hydrogens is 196 g/mol. The van der Waals surface area contributed by atoms with Crippen molar-refractivity contribution in [1.82, 2.24) is 19.7 Å². The van der Waals surface area contributed by atoms with Gasteiger partial charge in [-0.25, -0.2) is 0 Å². The maximum atomic E-state index is 5.18. The molecule has 0 aliphatic carbocycles. The van der Waals surface area contributed by atoms with Crippen LogP contribution in [-0.2, 0) is 0 Å². The largest absolute Gasteiger partial charge is 0.306 e. The lowest BCUT2D eigenvalue weighted by Gasteiger charge is -2.35. The summed E-state index contributed by atoms with van der Waals surface area (Å²) >= 11 is 5.18. The lowest BCUT2D eigenvalue weighted by molar-refractivity contribution is 0.158. The average Bonchev–Trinajstić information content (AvgIpc) is 2.52. The minimum Gasteiger partial charge on any atom is -0.306 e. The second-order valence-electron chi connectivity index (χ2n) is 4.16. The fourth-order valence-corrected chi connectivity index (χ4v) is 2.48. The minimum absolute atomic E-state index is 0.512. The van der Waals surface area contributed by atoms with E-state index in [4.69, 9.17) is 12.2 Å². The summed E-state index contributed by atoms with van der Waals surface area (Å²) in [6.07, 6.45) is 2.97. The summed E-state index contributed by atoms with van der Waals surface area (Å²) in [7, 11) is 2.17. The van der Waals surface area contributed by atoms with Crippen LogP contribution in [0.2, 0.25) is 0 Å². The predicted octanol–water partition coefficient (Wildman–Crippen LogP) is 1.45. The molecule has 1 aromatic rings. The van der Waals surface area contributed by atoms with Gasteiger partial charge in [-0.3, -0.25) is 5.10 Å². The monoisotopic (exact) mass is 212 g/mol. The number of rotatable bonds is 1. The summed E-state index contributed by atoms with van der Waals surface area (Å²) in [6.45, 7) is 4.55. The Labute approximate surface area is 88.9 Å². The fourth-order valence-electron chi connectivity index (χ4n) is 2.25. The van der Waals surface area contributed by atoms with Gasteiger partial charge in [0.05, 0.1) is 0 Å². The molecule has 4 nitrogen and oxygen atoms in total. The van der Waals surface area contributed by atoms with Gasteiger partial charge in [-0.15, -0.1) is 0 Å². The predicted molar refractivity (Wildman–Crippen MR) is 57.7 cm³/mol. The van der Waals surface area contributed by atoms with E-state index in [1.165, 1.54) is 0 Å². The Morgan fingerprint density at radius 1 is 1.64 bits per heavy atom. The van der Waals surface area contributed by atoms with Crippen LogP contribution >= 0.6 is 12.2 Å². The van der Waals surface area contributed by atoms with E-state index in [-0.39, 0.29) is 0 Å². The van der Waals surface area contributed by atoms with Crippen LogP contribution in [0.1, 0.15) is 19.4 Å². The van der Waals surface area contributed by atoms with Gasteiger partial charge in [-0.1, -0.05) is 6.92 Å². The average molecular weight is 212 g/mol. The lowest BCUT2D eigenvalue weighted by atomic mass is 9.94. The van der Waals surface area contributed by atoms with Crippen LogP contribution in [0.15, 0.2) is 6.33 Å².